The highest BCUT2D eigenvalue weighted by Gasteiger charge is 2.80. The molecule has 3 saturated heterocycles. The zero-order valence-electron chi connectivity index (χ0n) is 23.1. The predicted molar refractivity (Wildman–Crippen MR) is 151 cm³/mol. The first-order chi connectivity index (χ1) is 18.6. The first kappa shape index (κ1) is 29.3. The van der Waals surface area contributed by atoms with Crippen LogP contribution in [0.25, 0.3) is 0 Å². The molecule has 6 atom stereocenters. The van der Waals surface area contributed by atoms with Gasteiger partial charge in [-0.2, -0.15) is 0 Å². The van der Waals surface area contributed by atoms with Gasteiger partial charge in [0.2, 0.25) is 11.8 Å². The molecule has 1 spiro atoms. The number of halogens is 1. The fourth-order valence-electron chi connectivity index (χ4n) is 7.04. The number of fused-ring (bicyclic) bond motifs is 1. The number of para-hydroxylation sites is 1. The van der Waals surface area contributed by atoms with Crippen LogP contribution in [0.4, 0.5) is 5.69 Å². The summed E-state index contributed by atoms with van der Waals surface area (Å²) >= 11 is 6.52. The van der Waals surface area contributed by atoms with Gasteiger partial charge >= 0.3 is 0 Å². The number of benzene rings is 1. The fourth-order valence-corrected chi connectivity index (χ4v) is 7.28. The van der Waals surface area contributed by atoms with Crippen molar-refractivity contribution in [2.75, 3.05) is 37.7 Å². The van der Waals surface area contributed by atoms with Crippen LogP contribution in [-0.2, 0) is 19.1 Å². The van der Waals surface area contributed by atoms with Gasteiger partial charge in [-0.15, -0.1) is 13.2 Å². The summed E-state index contributed by atoms with van der Waals surface area (Å²) < 4.78 is 6.83. The Kier molecular flexibility index (Phi) is 8.59. The lowest BCUT2D eigenvalue weighted by Gasteiger charge is -2.39. The number of nitrogens with zero attached hydrogens (tertiary/aromatic N) is 3. The molecule has 3 amide bonds. The van der Waals surface area contributed by atoms with Crippen LogP contribution < -0.4 is 4.90 Å². The maximum absolute atomic E-state index is 14.5. The summed E-state index contributed by atoms with van der Waals surface area (Å²) in [6.45, 7) is 14.7. The topological polar surface area (TPSA) is 90.4 Å². The van der Waals surface area contributed by atoms with Crippen LogP contribution in [0.2, 0.25) is 5.02 Å². The van der Waals surface area contributed by atoms with Gasteiger partial charge in [0.25, 0.3) is 5.91 Å². The fraction of sp³-hybridized carbons (Fsp3) is 0.567. The molecule has 1 aromatic rings. The van der Waals surface area contributed by atoms with Crippen LogP contribution in [-0.4, -0.2) is 82.7 Å². The number of carbonyl (C=O) groups is 3. The second kappa shape index (κ2) is 11.4. The smallest absolute Gasteiger partial charge is 0.253 e. The minimum atomic E-state index is -1.18. The standard InChI is InChI=1S/C30H40ClN3O5/c1-6-14-32(15-7-2)26(36)23-24-27(37)34(17-11-18-35)25(30(24)19-20(4)29(23,5)39-30)28(38)33(16-8-3)22-13-10-9-12-21(22)31/h6,8-10,12-13,20,23-25,35H,1,3,7,11,14-19H2,2,4-5H3/t20?,23-,24-,25?,29+,30?/m0/s1. The molecular weight excluding hydrogens is 518 g/mol. The van der Waals surface area contributed by atoms with Gasteiger partial charge in [0, 0.05) is 32.8 Å². The number of likely N-dealkylation sites (tertiary alicyclic amines) is 1. The van der Waals surface area contributed by atoms with Crippen molar-refractivity contribution in [2.45, 2.75) is 57.3 Å². The Morgan fingerprint density at radius 1 is 1.23 bits per heavy atom. The molecule has 3 aliphatic rings. The average molecular weight is 558 g/mol. The van der Waals surface area contributed by atoms with Gasteiger partial charge in [0.05, 0.1) is 28.1 Å². The Labute approximate surface area is 236 Å². The summed E-state index contributed by atoms with van der Waals surface area (Å²) in [7, 11) is 0. The number of hydrogen-bond donors (Lipinski definition) is 1. The molecule has 2 bridgehead atoms. The molecule has 3 heterocycles. The summed E-state index contributed by atoms with van der Waals surface area (Å²) in [4.78, 5) is 47.7. The van der Waals surface area contributed by atoms with Gasteiger partial charge in [-0.3, -0.25) is 14.4 Å². The van der Waals surface area contributed by atoms with Gasteiger partial charge in [0.1, 0.15) is 11.6 Å². The molecule has 0 aliphatic carbocycles. The Hall–Kier alpha value is -2.68. The third-order valence-electron chi connectivity index (χ3n) is 8.75. The van der Waals surface area contributed by atoms with Gasteiger partial charge in [-0.1, -0.05) is 49.7 Å². The van der Waals surface area contributed by atoms with E-state index in [1.54, 1.807) is 41.3 Å². The Bertz CT molecular complexity index is 1140. The summed E-state index contributed by atoms with van der Waals surface area (Å²) in [6, 6.07) is 6.08. The van der Waals surface area contributed by atoms with Crippen molar-refractivity contribution in [2.24, 2.45) is 17.8 Å². The van der Waals surface area contributed by atoms with Crippen molar-refractivity contribution >= 4 is 35.0 Å². The number of amides is 3. The largest absolute Gasteiger partial charge is 0.396 e. The van der Waals surface area contributed by atoms with Crippen molar-refractivity contribution in [3.8, 4) is 0 Å². The van der Waals surface area contributed by atoms with Crippen molar-refractivity contribution < 1.29 is 24.2 Å². The summed E-state index contributed by atoms with van der Waals surface area (Å²) in [5.74, 6) is -2.36. The Balaban J connectivity index is 1.84. The van der Waals surface area contributed by atoms with Crippen molar-refractivity contribution in [1.82, 2.24) is 9.80 Å². The molecule has 8 nitrogen and oxygen atoms in total. The SMILES string of the molecule is C=CCN(CCC)C(=O)[C@@H]1[C@H]2C(=O)N(CCCO)C(C(=O)N(CC=C)c3ccccc3Cl)C23CC(C)[C@@]1(C)O3. The van der Waals surface area contributed by atoms with Gasteiger partial charge in [0.15, 0.2) is 0 Å². The number of aliphatic hydroxyl groups is 1. The number of carbonyl (C=O) groups excluding carboxylic acids is 3. The van der Waals surface area contributed by atoms with E-state index in [0.717, 1.165) is 6.42 Å². The molecule has 9 heteroatoms. The molecular formula is C30H40ClN3O5. The molecule has 3 fully saturated rings. The maximum Gasteiger partial charge on any atom is 0.253 e. The van der Waals surface area contributed by atoms with Crippen LogP contribution in [0.1, 0.15) is 40.0 Å². The summed E-state index contributed by atoms with van der Waals surface area (Å²) in [5.41, 5.74) is -1.57. The van der Waals surface area contributed by atoms with E-state index in [1.807, 2.05) is 20.8 Å². The van der Waals surface area contributed by atoms with E-state index in [0.29, 0.717) is 36.6 Å². The molecule has 0 radical (unpaired) electrons. The van der Waals surface area contributed by atoms with Crippen LogP contribution in [0, 0.1) is 17.8 Å². The second-order valence-electron chi connectivity index (χ2n) is 11.1. The lowest BCUT2D eigenvalue weighted by atomic mass is 9.62. The van der Waals surface area contributed by atoms with Crippen LogP contribution in [0.5, 0.6) is 0 Å². The number of aliphatic hydroxyl groups excluding tert-OH is 1. The Morgan fingerprint density at radius 2 is 1.92 bits per heavy atom. The number of ether oxygens (including phenoxy) is 1. The predicted octanol–water partition coefficient (Wildman–Crippen LogP) is 3.68. The molecule has 0 aromatic heterocycles. The highest BCUT2D eigenvalue weighted by atomic mass is 35.5. The lowest BCUT2D eigenvalue weighted by molar-refractivity contribution is -0.151. The summed E-state index contributed by atoms with van der Waals surface area (Å²) in [5, 5.41) is 10.0. The minimum Gasteiger partial charge on any atom is -0.396 e. The zero-order valence-corrected chi connectivity index (χ0v) is 23.9. The van der Waals surface area contributed by atoms with E-state index >= 15 is 0 Å². The van der Waals surface area contributed by atoms with Crippen molar-refractivity contribution in [1.29, 1.82) is 0 Å². The van der Waals surface area contributed by atoms with E-state index in [2.05, 4.69) is 13.2 Å². The highest BCUT2D eigenvalue weighted by Crippen LogP contribution is 2.65. The molecule has 3 aliphatic heterocycles. The number of rotatable bonds is 12. The average Bonchev–Trinajstić information content (AvgIpc) is 3.42. The maximum atomic E-state index is 14.5. The molecule has 39 heavy (non-hydrogen) atoms. The molecule has 212 valence electrons. The van der Waals surface area contributed by atoms with Crippen LogP contribution in [0.15, 0.2) is 49.6 Å². The third-order valence-corrected chi connectivity index (χ3v) is 9.07. The normalized spacial score (nSPS) is 30.8. The third kappa shape index (κ3) is 4.60. The summed E-state index contributed by atoms with van der Waals surface area (Å²) in [6.07, 6.45) is 4.84. The molecule has 0 saturated carbocycles. The Morgan fingerprint density at radius 3 is 2.54 bits per heavy atom. The van der Waals surface area contributed by atoms with Crippen molar-refractivity contribution in [3.05, 3.63) is 54.6 Å². The number of hydrogen-bond acceptors (Lipinski definition) is 5. The van der Waals surface area contributed by atoms with Crippen LogP contribution >= 0.6 is 11.6 Å². The van der Waals surface area contributed by atoms with Gasteiger partial charge in [-0.25, -0.2) is 0 Å². The van der Waals surface area contributed by atoms with Crippen LogP contribution in [0.3, 0.4) is 0 Å². The van der Waals surface area contributed by atoms with E-state index in [-0.39, 0.29) is 43.3 Å². The van der Waals surface area contributed by atoms with Gasteiger partial charge < -0.3 is 24.5 Å². The van der Waals surface area contributed by atoms with Gasteiger partial charge in [-0.05, 0) is 44.2 Å². The zero-order chi connectivity index (χ0) is 28.5. The molecule has 1 aromatic carbocycles. The lowest BCUT2D eigenvalue weighted by Crippen LogP contribution is -2.57. The van der Waals surface area contributed by atoms with E-state index in [4.69, 9.17) is 16.3 Å². The second-order valence-corrected chi connectivity index (χ2v) is 11.5. The minimum absolute atomic E-state index is 0.0658. The van der Waals surface area contributed by atoms with Crippen molar-refractivity contribution in [3.63, 3.8) is 0 Å². The van der Waals surface area contributed by atoms with E-state index in [1.165, 1.54) is 9.80 Å². The van der Waals surface area contributed by atoms with E-state index < -0.39 is 29.1 Å². The first-order valence-electron chi connectivity index (χ1n) is 13.8. The molecule has 1 N–H and O–H groups in total. The molecule has 4 rings (SSSR count). The quantitative estimate of drug-likeness (QED) is 0.396. The van der Waals surface area contributed by atoms with E-state index in [9.17, 15) is 19.5 Å². The molecule has 3 unspecified atom stereocenters. The first-order valence-corrected chi connectivity index (χ1v) is 14.2. The highest BCUT2D eigenvalue weighted by molar-refractivity contribution is 6.34. The monoisotopic (exact) mass is 557 g/mol. The number of anilines is 1.